The topological polar surface area (TPSA) is 26.3 Å². The number of methoxy groups -OCH3 is 1. The van der Waals surface area contributed by atoms with Gasteiger partial charge < -0.3 is 4.74 Å². The number of aldehydes is 1. The van der Waals surface area contributed by atoms with Crippen LogP contribution >= 0.6 is 0 Å². The number of hydrogen-bond acceptors (Lipinski definition) is 2. The molecule has 0 saturated heterocycles. The van der Waals surface area contributed by atoms with Gasteiger partial charge in [0.25, 0.3) is 0 Å². The van der Waals surface area contributed by atoms with Crippen LogP contribution in [-0.2, 0) is 0 Å². The van der Waals surface area contributed by atoms with Crippen molar-refractivity contribution < 1.29 is 9.53 Å². The Morgan fingerprint density at radius 1 is 1.27 bits per heavy atom. The van der Waals surface area contributed by atoms with E-state index in [4.69, 9.17) is 4.74 Å². The normalized spacial score (nSPS) is 8.09. The summed E-state index contributed by atoms with van der Waals surface area (Å²) >= 11 is 0. The van der Waals surface area contributed by atoms with Crippen LogP contribution in [0.25, 0.3) is 0 Å². The lowest BCUT2D eigenvalue weighted by Crippen LogP contribution is -1.82. The van der Waals surface area contributed by atoms with Gasteiger partial charge in [-0.1, -0.05) is 0 Å². The summed E-state index contributed by atoms with van der Waals surface area (Å²) in [6.07, 6.45) is 0.805. The fourth-order valence-electron chi connectivity index (χ4n) is 0.682. The van der Waals surface area contributed by atoms with Gasteiger partial charge in [-0.15, -0.1) is 0 Å². The summed E-state index contributed by atoms with van der Waals surface area (Å²) in [7, 11) is 1.59. The number of ether oxygens (including phenoxy) is 1. The van der Waals surface area contributed by atoms with E-state index >= 15 is 0 Å². The zero-order valence-corrected chi connectivity index (χ0v) is 6.28. The van der Waals surface area contributed by atoms with Crippen molar-refractivity contribution in [2.24, 2.45) is 0 Å². The van der Waals surface area contributed by atoms with Gasteiger partial charge in [0, 0.05) is 14.0 Å². The summed E-state index contributed by atoms with van der Waals surface area (Å²) < 4.78 is 4.90. The Morgan fingerprint density at radius 3 is 2.18 bits per heavy atom. The summed E-state index contributed by atoms with van der Waals surface area (Å²) in [5, 5.41) is 0. The molecule has 0 N–H and O–H groups in total. The van der Waals surface area contributed by atoms with Crippen molar-refractivity contribution in [3.63, 3.8) is 0 Å². The Bertz CT molecular complexity index is 218. The van der Waals surface area contributed by atoms with E-state index in [1.165, 1.54) is 0 Å². The van der Waals surface area contributed by atoms with Crippen LogP contribution in [-0.4, -0.2) is 21.8 Å². The predicted molar refractivity (Wildman–Crippen MR) is 44.1 cm³/mol. The van der Waals surface area contributed by atoms with Crippen molar-refractivity contribution in [2.45, 2.75) is 0 Å². The van der Waals surface area contributed by atoms with E-state index in [0.717, 1.165) is 12.0 Å². The van der Waals surface area contributed by atoms with Crippen molar-refractivity contribution >= 4 is 14.7 Å². The van der Waals surface area contributed by atoms with Crippen LogP contribution in [0.5, 0.6) is 5.75 Å². The lowest BCUT2D eigenvalue weighted by molar-refractivity contribution is 0.112. The highest BCUT2D eigenvalue weighted by Crippen LogP contribution is 2.09. The van der Waals surface area contributed by atoms with Crippen LogP contribution in [0.1, 0.15) is 10.4 Å². The number of hydrogen-bond donors (Lipinski definition) is 0. The molecule has 0 fully saturated rings. The molecule has 3 radical (unpaired) electrons. The highest BCUT2D eigenvalue weighted by Gasteiger charge is 1.89. The third-order valence-electron chi connectivity index (χ3n) is 1.25. The molecule has 0 aliphatic rings. The number of rotatable bonds is 2. The van der Waals surface area contributed by atoms with Crippen LogP contribution in [0.15, 0.2) is 24.3 Å². The molecule has 1 rings (SSSR count). The lowest BCUT2D eigenvalue weighted by atomic mass is 10.2. The van der Waals surface area contributed by atoms with Crippen LogP contribution < -0.4 is 4.74 Å². The van der Waals surface area contributed by atoms with E-state index in [0.29, 0.717) is 5.56 Å². The number of carbonyl (C=O) groups excluding carboxylic acids is 1. The Labute approximate surface area is 67.8 Å². The summed E-state index contributed by atoms with van der Waals surface area (Å²) in [6, 6.07) is 6.94. The van der Waals surface area contributed by atoms with E-state index in [2.05, 4.69) is 0 Å². The Hall–Kier alpha value is -1.25. The fourth-order valence-corrected chi connectivity index (χ4v) is 0.682. The molecule has 0 saturated carbocycles. The number of carbonyl (C=O) groups is 1. The quantitative estimate of drug-likeness (QED) is 0.462. The minimum atomic E-state index is 0. The number of benzene rings is 1. The van der Waals surface area contributed by atoms with Gasteiger partial charge in [-0.3, -0.25) is 4.79 Å². The molecule has 0 aliphatic heterocycles. The molecular weight excluding hydrogens is 139 g/mol. The predicted octanol–water partition coefficient (Wildman–Crippen LogP) is 1.13. The molecule has 0 spiro atoms. The molecule has 0 unspecified atom stereocenters. The lowest BCUT2D eigenvalue weighted by Gasteiger charge is -1.96. The van der Waals surface area contributed by atoms with Crippen LogP contribution in [0.3, 0.4) is 0 Å². The molecule has 3 heteroatoms. The molecule has 0 amide bonds. The monoisotopic (exact) mass is 147 g/mol. The van der Waals surface area contributed by atoms with Crippen LogP contribution in [0.4, 0.5) is 0 Å². The molecule has 1 aromatic carbocycles. The van der Waals surface area contributed by atoms with Gasteiger partial charge in [-0.05, 0) is 24.3 Å². The van der Waals surface area contributed by atoms with E-state index in [1.807, 2.05) is 0 Å². The van der Waals surface area contributed by atoms with Gasteiger partial charge in [0.05, 0.1) is 7.11 Å². The highest BCUT2D eigenvalue weighted by atomic mass is 16.5. The van der Waals surface area contributed by atoms with Gasteiger partial charge in [0.2, 0.25) is 0 Å². The van der Waals surface area contributed by atoms with E-state index < -0.39 is 0 Å². The second kappa shape index (κ2) is 4.55. The SMILES string of the molecule is COc1ccc(C=O)cc1.[B]. The zero-order valence-electron chi connectivity index (χ0n) is 6.28. The van der Waals surface area contributed by atoms with Gasteiger partial charge in [0.15, 0.2) is 0 Å². The smallest absolute Gasteiger partial charge is 0.150 e. The first kappa shape index (κ1) is 9.75. The molecule has 0 heterocycles. The molecule has 0 aliphatic carbocycles. The average molecular weight is 147 g/mol. The van der Waals surface area contributed by atoms with Crippen molar-refractivity contribution in [3.05, 3.63) is 29.8 Å². The van der Waals surface area contributed by atoms with Gasteiger partial charge in [-0.25, -0.2) is 0 Å². The van der Waals surface area contributed by atoms with Crippen LogP contribution in [0.2, 0.25) is 0 Å². The molecule has 0 bridgehead atoms. The second-order valence-corrected chi connectivity index (χ2v) is 1.89. The first-order valence-corrected chi connectivity index (χ1v) is 2.96. The van der Waals surface area contributed by atoms with E-state index in [1.54, 1.807) is 31.4 Å². The first-order valence-electron chi connectivity index (χ1n) is 2.96. The molecule has 1 aromatic rings. The maximum atomic E-state index is 10.2. The Morgan fingerprint density at radius 2 is 1.82 bits per heavy atom. The maximum absolute atomic E-state index is 10.2. The largest absolute Gasteiger partial charge is 0.497 e. The molecule has 2 nitrogen and oxygen atoms in total. The standard InChI is InChI=1S/C8H8O2.B/c1-10-8-4-2-7(6-9)3-5-8;/h2-6H,1H3;. The summed E-state index contributed by atoms with van der Waals surface area (Å²) in [5.41, 5.74) is 0.667. The average Bonchev–Trinajstić information content (AvgIpc) is 2.05. The van der Waals surface area contributed by atoms with E-state index in [-0.39, 0.29) is 8.41 Å². The molecule has 0 aromatic heterocycles. The Balaban J connectivity index is 0.000001000. The van der Waals surface area contributed by atoms with Gasteiger partial charge >= 0.3 is 0 Å². The highest BCUT2D eigenvalue weighted by molar-refractivity contribution is 5.75. The molecule has 11 heavy (non-hydrogen) atoms. The van der Waals surface area contributed by atoms with Gasteiger partial charge in [-0.2, -0.15) is 0 Å². The summed E-state index contributed by atoms with van der Waals surface area (Å²) in [5.74, 6) is 0.769. The second-order valence-electron chi connectivity index (χ2n) is 1.89. The summed E-state index contributed by atoms with van der Waals surface area (Å²) in [6.45, 7) is 0. The van der Waals surface area contributed by atoms with Crippen molar-refractivity contribution in [3.8, 4) is 5.75 Å². The van der Waals surface area contributed by atoms with Gasteiger partial charge in [0.1, 0.15) is 12.0 Å². The molecule has 0 atom stereocenters. The fraction of sp³-hybridized carbons (Fsp3) is 0.125. The molecular formula is C8H8BO2. The zero-order chi connectivity index (χ0) is 7.40. The van der Waals surface area contributed by atoms with Crippen molar-refractivity contribution in [2.75, 3.05) is 7.11 Å². The maximum Gasteiger partial charge on any atom is 0.150 e. The minimum absolute atomic E-state index is 0. The third-order valence-corrected chi connectivity index (χ3v) is 1.25. The van der Waals surface area contributed by atoms with Crippen molar-refractivity contribution in [1.29, 1.82) is 0 Å². The Kier molecular flexibility index (Phi) is 4.04. The van der Waals surface area contributed by atoms with Crippen LogP contribution in [0, 0.1) is 0 Å². The third kappa shape index (κ3) is 2.46. The van der Waals surface area contributed by atoms with Crippen molar-refractivity contribution in [1.82, 2.24) is 0 Å². The summed E-state index contributed by atoms with van der Waals surface area (Å²) in [4.78, 5) is 10.2. The van der Waals surface area contributed by atoms with E-state index in [9.17, 15) is 4.79 Å². The molecule has 55 valence electrons. The first-order chi connectivity index (χ1) is 4.86. The minimum Gasteiger partial charge on any atom is -0.497 e.